The van der Waals surface area contributed by atoms with Crippen molar-refractivity contribution in [3.63, 3.8) is 0 Å². The lowest BCUT2D eigenvalue weighted by molar-refractivity contribution is 0.303. The molecule has 0 spiro atoms. The van der Waals surface area contributed by atoms with E-state index in [-0.39, 0.29) is 6.61 Å². The van der Waals surface area contributed by atoms with Crippen molar-refractivity contribution < 1.29 is 5.11 Å². The van der Waals surface area contributed by atoms with Crippen LogP contribution in [0.4, 0.5) is 5.82 Å². The second-order valence-corrected chi connectivity index (χ2v) is 3.83. The van der Waals surface area contributed by atoms with Crippen molar-refractivity contribution in [2.45, 2.75) is 6.92 Å². The maximum Gasteiger partial charge on any atom is 0.255 e. The summed E-state index contributed by atoms with van der Waals surface area (Å²) >= 11 is 6.01. The molecule has 0 aliphatic carbocycles. The summed E-state index contributed by atoms with van der Waals surface area (Å²) in [5, 5.41) is 13.4. The molecule has 16 heavy (non-hydrogen) atoms. The van der Waals surface area contributed by atoms with Crippen LogP contribution in [0.15, 0.2) is 6.33 Å². The first-order valence-corrected chi connectivity index (χ1v) is 5.20. The molecular formula is C9H12ClN5O. The minimum Gasteiger partial charge on any atom is -0.395 e. The lowest BCUT2D eigenvalue weighted by atomic mass is 10.3. The number of aromatic nitrogens is 4. The number of anilines is 1. The molecule has 2 rings (SSSR count). The monoisotopic (exact) mass is 241 g/mol. The van der Waals surface area contributed by atoms with Crippen LogP contribution in [-0.4, -0.2) is 44.9 Å². The first kappa shape index (κ1) is 11.1. The third kappa shape index (κ3) is 1.70. The van der Waals surface area contributed by atoms with E-state index in [0.717, 1.165) is 11.4 Å². The Kier molecular flexibility index (Phi) is 2.93. The van der Waals surface area contributed by atoms with Crippen LogP contribution in [0, 0.1) is 6.92 Å². The molecule has 0 saturated carbocycles. The number of hydrogen-bond donors (Lipinski definition) is 1. The van der Waals surface area contributed by atoms with Crippen LogP contribution in [0.1, 0.15) is 5.56 Å². The molecule has 2 aromatic heterocycles. The summed E-state index contributed by atoms with van der Waals surface area (Å²) in [6.45, 7) is 2.42. The number of likely N-dealkylation sites (N-methyl/N-ethyl adjacent to an activating group) is 1. The van der Waals surface area contributed by atoms with Gasteiger partial charge < -0.3 is 10.0 Å². The summed E-state index contributed by atoms with van der Waals surface area (Å²) in [6.07, 6.45) is 1.42. The highest BCUT2D eigenvalue weighted by atomic mass is 35.5. The van der Waals surface area contributed by atoms with Gasteiger partial charge in [0.2, 0.25) is 0 Å². The van der Waals surface area contributed by atoms with E-state index in [1.54, 1.807) is 4.52 Å². The number of aliphatic hydroxyl groups excluding tert-OH is 1. The van der Waals surface area contributed by atoms with Crippen LogP contribution in [0.3, 0.4) is 0 Å². The highest BCUT2D eigenvalue weighted by molar-refractivity contribution is 6.30. The topological polar surface area (TPSA) is 66.5 Å². The largest absolute Gasteiger partial charge is 0.395 e. The molecule has 0 aromatic carbocycles. The summed E-state index contributed by atoms with van der Waals surface area (Å²) in [5.41, 5.74) is 0.815. The molecule has 0 amide bonds. The third-order valence-corrected chi connectivity index (χ3v) is 2.74. The van der Waals surface area contributed by atoms with E-state index < -0.39 is 0 Å². The van der Waals surface area contributed by atoms with Crippen molar-refractivity contribution in [3.8, 4) is 0 Å². The third-order valence-electron chi connectivity index (χ3n) is 2.37. The molecule has 7 heteroatoms. The summed E-state index contributed by atoms with van der Waals surface area (Å²) in [5.74, 6) is 1.25. The van der Waals surface area contributed by atoms with E-state index in [1.807, 2.05) is 18.9 Å². The summed E-state index contributed by atoms with van der Waals surface area (Å²) in [4.78, 5) is 9.96. The Labute approximate surface area is 97.5 Å². The second kappa shape index (κ2) is 4.23. The Morgan fingerprint density at radius 2 is 2.31 bits per heavy atom. The standard InChI is InChI=1S/C9H12ClN5O/c1-6-7(10)13-9-11-5-12-15(9)8(6)14(2)3-4-16/h5,16H,3-4H2,1-2H3. The number of rotatable bonds is 3. The van der Waals surface area contributed by atoms with Crippen LogP contribution in [-0.2, 0) is 0 Å². The second-order valence-electron chi connectivity index (χ2n) is 3.47. The fourth-order valence-electron chi connectivity index (χ4n) is 1.59. The highest BCUT2D eigenvalue weighted by Gasteiger charge is 2.15. The molecular weight excluding hydrogens is 230 g/mol. The molecule has 0 bridgehead atoms. The maximum atomic E-state index is 8.95. The van der Waals surface area contributed by atoms with Gasteiger partial charge >= 0.3 is 0 Å². The molecule has 0 unspecified atom stereocenters. The molecule has 0 atom stereocenters. The zero-order valence-corrected chi connectivity index (χ0v) is 9.81. The van der Waals surface area contributed by atoms with Crippen molar-refractivity contribution in [3.05, 3.63) is 17.0 Å². The number of hydrogen-bond acceptors (Lipinski definition) is 5. The lowest BCUT2D eigenvalue weighted by Crippen LogP contribution is -2.25. The molecule has 2 heterocycles. The van der Waals surface area contributed by atoms with Gasteiger partial charge in [-0.2, -0.15) is 19.6 Å². The Balaban J connectivity index is 2.64. The van der Waals surface area contributed by atoms with Gasteiger partial charge in [0.25, 0.3) is 5.78 Å². The van der Waals surface area contributed by atoms with E-state index in [2.05, 4.69) is 15.1 Å². The van der Waals surface area contributed by atoms with E-state index in [4.69, 9.17) is 16.7 Å². The number of aliphatic hydroxyl groups is 1. The summed E-state index contributed by atoms with van der Waals surface area (Å²) in [7, 11) is 1.86. The fraction of sp³-hybridized carbons (Fsp3) is 0.444. The number of halogens is 1. The van der Waals surface area contributed by atoms with Crippen LogP contribution < -0.4 is 4.90 Å². The van der Waals surface area contributed by atoms with Crippen molar-refractivity contribution in [2.24, 2.45) is 0 Å². The Morgan fingerprint density at radius 3 is 3.00 bits per heavy atom. The SMILES string of the molecule is Cc1c(Cl)nc2ncnn2c1N(C)CCO. The van der Waals surface area contributed by atoms with Gasteiger partial charge in [-0.05, 0) is 6.92 Å². The van der Waals surface area contributed by atoms with Gasteiger partial charge in [-0.3, -0.25) is 0 Å². The molecule has 6 nitrogen and oxygen atoms in total. The summed E-state index contributed by atoms with van der Waals surface area (Å²) < 4.78 is 1.61. The predicted molar refractivity (Wildman–Crippen MR) is 60.9 cm³/mol. The van der Waals surface area contributed by atoms with Crippen LogP contribution in [0.25, 0.3) is 5.78 Å². The van der Waals surface area contributed by atoms with Crippen molar-refractivity contribution in [1.82, 2.24) is 19.6 Å². The molecule has 0 saturated heterocycles. The highest BCUT2D eigenvalue weighted by Crippen LogP contribution is 2.24. The first-order valence-electron chi connectivity index (χ1n) is 4.83. The Morgan fingerprint density at radius 1 is 1.56 bits per heavy atom. The minimum absolute atomic E-state index is 0.0616. The summed E-state index contributed by atoms with van der Waals surface area (Å²) in [6, 6.07) is 0. The van der Waals surface area contributed by atoms with Gasteiger partial charge in [-0.15, -0.1) is 0 Å². The average molecular weight is 242 g/mol. The quantitative estimate of drug-likeness (QED) is 0.794. The predicted octanol–water partition coefficient (Wildman–Crippen LogP) is 0.515. The zero-order chi connectivity index (χ0) is 11.7. The normalized spacial score (nSPS) is 11.0. The fourth-order valence-corrected chi connectivity index (χ4v) is 1.75. The number of nitrogens with zero attached hydrogens (tertiary/aromatic N) is 5. The zero-order valence-electron chi connectivity index (χ0n) is 9.05. The van der Waals surface area contributed by atoms with Crippen molar-refractivity contribution >= 4 is 23.2 Å². The maximum absolute atomic E-state index is 8.95. The van der Waals surface area contributed by atoms with Gasteiger partial charge in [0.1, 0.15) is 17.3 Å². The van der Waals surface area contributed by atoms with Gasteiger partial charge in [-0.25, -0.2) is 0 Å². The molecule has 1 N–H and O–H groups in total. The average Bonchev–Trinajstić information content (AvgIpc) is 2.67. The van der Waals surface area contributed by atoms with Crippen molar-refractivity contribution in [1.29, 1.82) is 0 Å². The molecule has 2 aromatic rings. The van der Waals surface area contributed by atoms with E-state index in [0.29, 0.717) is 17.5 Å². The Bertz CT molecular complexity index is 512. The first-order chi connectivity index (χ1) is 7.65. The van der Waals surface area contributed by atoms with Crippen LogP contribution >= 0.6 is 11.6 Å². The van der Waals surface area contributed by atoms with E-state index in [9.17, 15) is 0 Å². The van der Waals surface area contributed by atoms with Gasteiger partial charge in [0.05, 0.1) is 6.61 Å². The molecule has 0 aliphatic rings. The van der Waals surface area contributed by atoms with Crippen LogP contribution in [0.5, 0.6) is 0 Å². The number of fused-ring (bicyclic) bond motifs is 1. The van der Waals surface area contributed by atoms with Gasteiger partial charge in [0.15, 0.2) is 0 Å². The van der Waals surface area contributed by atoms with Gasteiger partial charge in [-0.1, -0.05) is 11.6 Å². The van der Waals surface area contributed by atoms with Crippen molar-refractivity contribution in [2.75, 3.05) is 25.1 Å². The molecule has 86 valence electrons. The minimum atomic E-state index is 0.0616. The smallest absolute Gasteiger partial charge is 0.255 e. The van der Waals surface area contributed by atoms with E-state index in [1.165, 1.54) is 6.33 Å². The van der Waals surface area contributed by atoms with E-state index >= 15 is 0 Å². The lowest BCUT2D eigenvalue weighted by Gasteiger charge is -2.20. The Hall–Kier alpha value is -1.40. The van der Waals surface area contributed by atoms with Crippen LogP contribution in [0.2, 0.25) is 5.15 Å². The molecule has 0 aliphatic heterocycles. The van der Waals surface area contributed by atoms with Gasteiger partial charge in [0, 0.05) is 19.2 Å². The molecule has 0 radical (unpaired) electrons. The molecule has 0 fully saturated rings.